The molecule has 0 fully saturated rings. The minimum atomic E-state index is -3.25. The molecule has 0 saturated carbocycles. The van der Waals surface area contributed by atoms with Crippen molar-refractivity contribution < 1.29 is 18.3 Å². The van der Waals surface area contributed by atoms with Crippen LogP contribution in [0.25, 0.3) is 21.9 Å². The number of sulfone groups is 1. The largest absolute Gasteiger partial charge is 0.507 e. The van der Waals surface area contributed by atoms with Crippen LogP contribution in [-0.2, 0) is 16.4 Å². The fourth-order valence-electron chi connectivity index (χ4n) is 3.24. The molecule has 0 aliphatic heterocycles. The van der Waals surface area contributed by atoms with Crippen molar-refractivity contribution in [3.05, 3.63) is 90.5 Å². The van der Waals surface area contributed by atoms with Crippen LogP contribution in [-0.4, -0.2) is 19.8 Å². The Balaban J connectivity index is 1.62. The lowest BCUT2D eigenvalue weighted by molar-refractivity contribution is 0.306. The number of hydrogen-bond acceptors (Lipinski definition) is 4. The Morgan fingerprint density at radius 1 is 0.862 bits per heavy atom. The quantitative estimate of drug-likeness (QED) is 0.497. The van der Waals surface area contributed by atoms with Crippen molar-refractivity contribution in [2.24, 2.45) is 0 Å². The normalized spacial score (nSPS) is 11.5. The summed E-state index contributed by atoms with van der Waals surface area (Å²) in [5.74, 6) is 0.884. The van der Waals surface area contributed by atoms with E-state index in [9.17, 15) is 13.5 Å². The second-order valence-corrected chi connectivity index (χ2v) is 8.93. The second kappa shape index (κ2) is 7.60. The van der Waals surface area contributed by atoms with Crippen LogP contribution in [0, 0.1) is 0 Å². The van der Waals surface area contributed by atoms with Crippen LogP contribution in [0.4, 0.5) is 0 Å². The Labute approximate surface area is 169 Å². The highest BCUT2D eigenvalue weighted by atomic mass is 32.2. The van der Waals surface area contributed by atoms with Gasteiger partial charge in [0.05, 0.1) is 4.90 Å². The highest BCUT2D eigenvalue weighted by Crippen LogP contribution is 2.37. The first-order valence-electron chi connectivity index (χ1n) is 9.15. The Bertz CT molecular complexity index is 1260. The standard InChI is InChI=1S/C24H20O4S/c1-29(26,27)21-11-7-18(8-12-21)22-13-9-19-15-20(10-14-23(19)24(22)25)28-16-17-5-3-2-4-6-17/h2-15,25H,16H2,1H3. The minimum absolute atomic E-state index is 0.157. The van der Waals surface area contributed by atoms with E-state index in [0.717, 1.165) is 22.3 Å². The van der Waals surface area contributed by atoms with E-state index in [0.29, 0.717) is 17.6 Å². The first-order valence-corrected chi connectivity index (χ1v) is 11.0. The average Bonchev–Trinajstić information content (AvgIpc) is 2.73. The highest BCUT2D eigenvalue weighted by Gasteiger charge is 2.12. The molecule has 0 aliphatic carbocycles. The third kappa shape index (κ3) is 4.10. The van der Waals surface area contributed by atoms with E-state index >= 15 is 0 Å². The predicted molar refractivity (Wildman–Crippen MR) is 115 cm³/mol. The van der Waals surface area contributed by atoms with Crippen molar-refractivity contribution in [1.82, 2.24) is 0 Å². The zero-order chi connectivity index (χ0) is 20.4. The molecular weight excluding hydrogens is 384 g/mol. The van der Waals surface area contributed by atoms with E-state index in [1.54, 1.807) is 24.3 Å². The van der Waals surface area contributed by atoms with Crippen molar-refractivity contribution in [2.75, 3.05) is 6.26 Å². The summed E-state index contributed by atoms with van der Waals surface area (Å²) in [7, 11) is -3.25. The topological polar surface area (TPSA) is 63.6 Å². The minimum Gasteiger partial charge on any atom is -0.507 e. The van der Waals surface area contributed by atoms with Crippen molar-refractivity contribution in [3.63, 3.8) is 0 Å². The molecule has 0 atom stereocenters. The van der Waals surface area contributed by atoms with Gasteiger partial charge >= 0.3 is 0 Å². The van der Waals surface area contributed by atoms with E-state index in [1.165, 1.54) is 6.26 Å². The molecule has 0 aromatic heterocycles. The smallest absolute Gasteiger partial charge is 0.175 e. The summed E-state index contributed by atoms with van der Waals surface area (Å²) in [5, 5.41) is 12.3. The van der Waals surface area contributed by atoms with E-state index < -0.39 is 9.84 Å². The molecule has 0 unspecified atom stereocenters. The van der Waals surface area contributed by atoms with Gasteiger partial charge in [-0.15, -0.1) is 0 Å². The molecule has 0 heterocycles. The maximum absolute atomic E-state index is 11.6. The average molecular weight is 404 g/mol. The molecule has 0 saturated heterocycles. The zero-order valence-electron chi connectivity index (χ0n) is 15.9. The van der Waals surface area contributed by atoms with Gasteiger partial charge in [-0.1, -0.05) is 54.6 Å². The lowest BCUT2D eigenvalue weighted by Gasteiger charge is -2.11. The van der Waals surface area contributed by atoms with E-state index in [2.05, 4.69) is 0 Å². The van der Waals surface area contributed by atoms with Gasteiger partial charge < -0.3 is 9.84 Å². The van der Waals surface area contributed by atoms with Crippen LogP contribution in [0.1, 0.15) is 5.56 Å². The van der Waals surface area contributed by atoms with Crippen LogP contribution < -0.4 is 4.74 Å². The number of rotatable bonds is 5. The second-order valence-electron chi connectivity index (χ2n) is 6.92. The molecule has 1 N–H and O–H groups in total. The molecule has 146 valence electrons. The van der Waals surface area contributed by atoms with E-state index in [4.69, 9.17) is 4.74 Å². The van der Waals surface area contributed by atoms with Gasteiger partial charge in [0.15, 0.2) is 9.84 Å². The summed E-state index contributed by atoms with van der Waals surface area (Å²) in [4.78, 5) is 0.252. The SMILES string of the molecule is CS(=O)(=O)c1ccc(-c2ccc3cc(OCc4ccccc4)ccc3c2O)cc1. The van der Waals surface area contributed by atoms with Crippen LogP contribution in [0.15, 0.2) is 89.8 Å². The van der Waals surface area contributed by atoms with Gasteiger partial charge in [-0.25, -0.2) is 8.42 Å². The number of hydrogen-bond donors (Lipinski definition) is 1. The van der Waals surface area contributed by atoms with Crippen molar-refractivity contribution in [3.8, 4) is 22.6 Å². The Hall–Kier alpha value is -3.31. The molecule has 0 radical (unpaired) electrons. The lowest BCUT2D eigenvalue weighted by atomic mass is 9.99. The fourth-order valence-corrected chi connectivity index (χ4v) is 3.87. The predicted octanol–water partition coefficient (Wildman–Crippen LogP) is 5.19. The number of ether oxygens (including phenoxy) is 1. The van der Waals surface area contributed by atoms with Crippen LogP contribution in [0.3, 0.4) is 0 Å². The van der Waals surface area contributed by atoms with Crippen molar-refractivity contribution in [2.45, 2.75) is 11.5 Å². The maximum Gasteiger partial charge on any atom is 0.175 e. The first-order chi connectivity index (χ1) is 13.9. The summed E-state index contributed by atoms with van der Waals surface area (Å²) in [5.41, 5.74) is 2.49. The van der Waals surface area contributed by atoms with Gasteiger partial charge in [-0.2, -0.15) is 0 Å². The van der Waals surface area contributed by atoms with E-state index in [-0.39, 0.29) is 10.6 Å². The van der Waals surface area contributed by atoms with Gasteiger partial charge in [0.2, 0.25) is 0 Å². The van der Waals surface area contributed by atoms with Gasteiger partial charge in [-0.05, 0) is 46.8 Å². The lowest BCUT2D eigenvalue weighted by Crippen LogP contribution is -1.96. The molecule has 5 heteroatoms. The first kappa shape index (κ1) is 19.0. The molecule has 4 aromatic carbocycles. The summed E-state index contributed by atoms with van der Waals surface area (Å²) in [6.07, 6.45) is 1.17. The third-order valence-electron chi connectivity index (χ3n) is 4.80. The number of aromatic hydroxyl groups is 1. The van der Waals surface area contributed by atoms with Crippen LogP contribution in [0.5, 0.6) is 11.5 Å². The van der Waals surface area contributed by atoms with Crippen LogP contribution >= 0.6 is 0 Å². The van der Waals surface area contributed by atoms with Gasteiger partial charge in [0, 0.05) is 17.2 Å². The molecular formula is C24H20O4S. The molecule has 4 nitrogen and oxygen atoms in total. The number of phenols is 1. The van der Waals surface area contributed by atoms with Crippen molar-refractivity contribution >= 4 is 20.6 Å². The van der Waals surface area contributed by atoms with Crippen LogP contribution in [0.2, 0.25) is 0 Å². The number of benzene rings is 4. The molecule has 0 spiro atoms. The summed E-state index contributed by atoms with van der Waals surface area (Å²) in [6, 6.07) is 25.7. The fraction of sp³-hybridized carbons (Fsp3) is 0.0833. The Morgan fingerprint density at radius 3 is 2.28 bits per heavy atom. The third-order valence-corrected chi connectivity index (χ3v) is 5.93. The molecule has 29 heavy (non-hydrogen) atoms. The van der Waals surface area contributed by atoms with Gasteiger partial charge in [-0.3, -0.25) is 0 Å². The summed E-state index contributed by atoms with van der Waals surface area (Å²) in [6.45, 7) is 0.475. The van der Waals surface area contributed by atoms with Crippen molar-refractivity contribution in [1.29, 1.82) is 0 Å². The molecule has 0 aliphatic rings. The summed E-state index contributed by atoms with van der Waals surface area (Å²) >= 11 is 0. The maximum atomic E-state index is 11.6. The molecule has 4 rings (SSSR count). The summed E-state index contributed by atoms with van der Waals surface area (Å²) < 4.78 is 29.1. The highest BCUT2D eigenvalue weighted by molar-refractivity contribution is 7.90. The number of phenolic OH excluding ortho intramolecular Hbond substituents is 1. The molecule has 0 amide bonds. The van der Waals surface area contributed by atoms with E-state index in [1.807, 2.05) is 60.7 Å². The Kier molecular flexibility index (Phi) is 4.99. The monoisotopic (exact) mass is 404 g/mol. The molecule has 4 aromatic rings. The Morgan fingerprint density at radius 2 is 1.59 bits per heavy atom. The van der Waals surface area contributed by atoms with Gasteiger partial charge in [0.1, 0.15) is 18.1 Å². The number of fused-ring (bicyclic) bond motifs is 1. The molecule has 0 bridgehead atoms. The zero-order valence-corrected chi connectivity index (χ0v) is 16.7. The van der Waals surface area contributed by atoms with Gasteiger partial charge in [0.25, 0.3) is 0 Å².